The molecule has 2 aliphatic rings. The maximum atomic E-state index is 13.1. The van der Waals surface area contributed by atoms with Gasteiger partial charge in [0.25, 0.3) is 10.0 Å². The van der Waals surface area contributed by atoms with E-state index in [-0.39, 0.29) is 21.2 Å². The number of nitrogens with zero attached hydrogens (tertiary/aromatic N) is 1. The van der Waals surface area contributed by atoms with Crippen LogP contribution in [-0.2, 0) is 32.9 Å². The Morgan fingerprint density at radius 2 is 1.48 bits per heavy atom. The first-order chi connectivity index (χ1) is 14.8. The van der Waals surface area contributed by atoms with Gasteiger partial charge in [-0.2, -0.15) is 4.31 Å². The van der Waals surface area contributed by atoms with Gasteiger partial charge in [-0.1, -0.05) is 12.5 Å². The van der Waals surface area contributed by atoms with Crippen molar-refractivity contribution in [3.8, 4) is 5.75 Å². The van der Waals surface area contributed by atoms with Crippen molar-refractivity contribution in [2.45, 2.75) is 54.7 Å². The summed E-state index contributed by atoms with van der Waals surface area (Å²) in [4.78, 5) is 0.220. The molecule has 0 unspecified atom stereocenters. The van der Waals surface area contributed by atoms with Gasteiger partial charge in [0.05, 0.1) is 22.6 Å². The first-order valence-electron chi connectivity index (χ1n) is 10.6. The summed E-state index contributed by atoms with van der Waals surface area (Å²) in [5, 5.41) is 0. The molecule has 1 saturated heterocycles. The molecule has 1 heterocycles. The van der Waals surface area contributed by atoms with Crippen molar-refractivity contribution in [1.82, 2.24) is 4.31 Å². The summed E-state index contributed by atoms with van der Waals surface area (Å²) in [5.41, 5.74) is 2.36. The molecule has 31 heavy (non-hydrogen) atoms. The molecule has 0 aromatic heterocycles. The minimum absolute atomic E-state index is 0.0540. The largest absolute Gasteiger partial charge is 0.495 e. The summed E-state index contributed by atoms with van der Waals surface area (Å²) in [6.07, 6.45) is 6.67. The molecule has 1 N–H and O–H groups in total. The highest BCUT2D eigenvalue weighted by Crippen LogP contribution is 2.32. The van der Waals surface area contributed by atoms with Crippen molar-refractivity contribution >= 4 is 25.7 Å². The van der Waals surface area contributed by atoms with Crippen LogP contribution in [0.5, 0.6) is 5.75 Å². The predicted molar refractivity (Wildman–Crippen MR) is 119 cm³/mol. The van der Waals surface area contributed by atoms with Gasteiger partial charge >= 0.3 is 0 Å². The molecule has 2 aromatic rings. The Kier molecular flexibility index (Phi) is 6.27. The Labute approximate surface area is 184 Å². The van der Waals surface area contributed by atoms with Crippen LogP contribution in [-0.4, -0.2) is 41.3 Å². The van der Waals surface area contributed by atoms with Crippen LogP contribution >= 0.6 is 0 Å². The number of aryl methyl sites for hydroxylation is 2. The quantitative estimate of drug-likeness (QED) is 0.706. The van der Waals surface area contributed by atoms with Gasteiger partial charge in [0.15, 0.2) is 0 Å². The lowest BCUT2D eigenvalue weighted by Crippen LogP contribution is -2.35. The van der Waals surface area contributed by atoms with Crippen LogP contribution in [0.25, 0.3) is 0 Å². The fraction of sp³-hybridized carbons (Fsp3) is 0.455. The average molecular weight is 465 g/mol. The van der Waals surface area contributed by atoms with E-state index < -0.39 is 20.0 Å². The highest BCUT2D eigenvalue weighted by atomic mass is 32.2. The van der Waals surface area contributed by atoms with Crippen molar-refractivity contribution < 1.29 is 21.6 Å². The topological polar surface area (TPSA) is 92.8 Å². The van der Waals surface area contributed by atoms with Crippen LogP contribution in [0.3, 0.4) is 0 Å². The second-order valence-corrected chi connectivity index (χ2v) is 11.7. The molecule has 168 valence electrons. The van der Waals surface area contributed by atoms with E-state index in [9.17, 15) is 16.8 Å². The Morgan fingerprint density at radius 3 is 2.19 bits per heavy atom. The number of nitrogens with one attached hydrogen (secondary N) is 1. The third kappa shape index (κ3) is 4.58. The van der Waals surface area contributed by atoms with E-state index in [1.54, 1.807) is 12.1 Å². The first-order valence-corrected chi connectivity index (χ1v) is 13.6. The normalized spacial score (nSPS) is 17.7. The molecular formula is C22H28N2O5S2. The molecular weight excluding hydrogens is 436 g/mol. The third-order valence-corrected chi connectivity index (χ3v) is 9.26. The molecule has 0 atom stereocenters. The maximum Gasteiger partial charge on any atom is 0.262 e. The molecule has 0 spiro atoms. The van der Waals surface area contributed by atoms with Crippen molar-refractivity contribution in [2.24, 2.45) is 0 Å². The summed E-state index contributed by atoms with van der Waals surface area (Å²) >= 11 is 0. The fourth-order valence-electron chi connectivity index (χ4n) is 4.26. The van der Waals surface area contributed by atoms with E-state index in [1.165, 1.54) is 35.2 Å². The third-order valence-electron chi connectivity index (χ3n) is 6.00. The summed E-state index contributed by atoms with van der Waals surface area (Å²) in [6, 6.07) is 9.49. The minimum atomic E-state index is -3.90. The number of fused-ring (bicyclic) bond motifs is 1. The smallest absolute Gasteiger partial charge is 0.262 e. The number of sulfonamides is 2. The van der Waals surface area contributed by atoms with Crippen molar-refractivity contribution in [3.63, 3.8) is 0 Å². The number of methoxy groups -OCH3 is 1. The van der Waals surface area contributed by atoms with Crippen molar-refractivity contribution in [1.29, 1.82) is 0 Å². The lowest BCUT2D eigenvalue weighted by molar-refractivity contribution is 0.346. The van der Waals surface area contributed by atoms with Crippen molar-refractivity contribution in [3.05, 3.63) is 47.5 Å². The van der Waals surface area contributed by atoms with Crippen LogP contribution in [0.15, 0.2) is 46.2 Å². The van der Waals surface area contributed by atoms with E-state index in [2.05, 4.69) is 4.72 Å². The SMILES string of the molecule is COc1ccc(S(=O)(=O)N2CCCCC2)cc1NS(=O)(=O)c1ccc2c(c1)CCCC2. The molecule has 0 bridgehead atoms. The monoisotopic (exact) mass is 464 g/mol. The highest BCUT2D eigenvalue weighted by molar-refractivity contribution is 7.92. The number of anilines is 1. The summed E-state index contributed by atoms with van der Waals surface area (Å²) in [5.74, 6) is 0.263. The van der Waals surface area contributed by atoms with E-state index in [0.717, 1.165) is 50.5 Å². The summed E-state index contributed by atoms with van der Waals surface area (Å²) in [6.45, 7) is 0.953. The van der Waals surface area contributed by atoms with Crippen LogP contribution in [0, 0.1) is 0 Å². The van der Waals surface area contributed by atoms with Gasteiger partial charge in [-0.25, -0.2) is 16.8 Å². The van der Waals surface area contributed by atoms with E-state index in [0.29, 0.717) is 13.1 Å². The molecule has 4 rings (SSSR count). The minimum Gasteiger partial charge on any atom is -0.495 e. The number of ether oxygens (including phenoxy) is 1. The Morgan fingerprint density at radius 1 is 0.806 bits per heavy atom. The van der Waals surface area contributed by atoms with Gasteiger partial charge in [-0.05, 0) is 80.0 Å². The zero-order valence-electron chi connectivity index (χ0n) is 17.6. The second-order valence-electron chi connectivity index (χ2n) is 8.07. The van der Waals surface area contributed by atoms with Crippen LogP contribution in [0.4, 0.5) is 5.69 Å². The van der Waals surface area contributed by atoms with Gasteiger partial charge in [0.1, 0.15) is 5.75 Å². The van der Waals surface area contributed by atoms with Gasteiger partial charge in [-0.3, -0.25) is 4.72 Å². The first kappa shape index (κ1) is 22.1. The van der Waals surface area contributed by atoms with Gasteiger partial charge in [0, 0.05) is 13.1 Å². The molecule has 0 radical (unpaired) electrons. The molecule has 2 aromatic carbocycles. The van der Waals surface area contributed by atoms with Crippen LogP contribution < -0.4 is 9.46 Å². The Bertz CT molecular complexity index is 1170. The average Bonchev–Trinajstić information content (AvgIpc) is 2.79. The van der Waals surface area contributed by atoms with Gasteiger partial charge < -0.3 is 4.74 Å². The zero-order valence-corrected chi connectivity index (χ0v) is 19.3. The second kappa shape index (κ2) is 8.80. The predicted octanol–water partition coefficient (Wildman–Crippen LogP) is 3.55. The molecule has 0 amide bonds. The van der Waals surface area contributed by atoms with Crippen LogP contribution in [0.1, 0.15) is 43.2 Å². The highest BCUT2D eigenvalue weighted by Gasteiger charge is 2.28. The van der Waals surface area contributed by atoms with Crippen LogP contribution in [0.2, 0.25) is 0 Å². The number of benzene rings is 2. The molecule has 7 nitrogen and oxygen atoms in total. The van der Waals surface area contributed by atoms with Gasteiger partial charge in [0.2, 0.25) is 10.0 Å². The summed E-state index contributed by atoms with van der Waals surface area (Å²) < 4.78 is 61.6. The lowest BCUT2D eigenvalue weighted by atomic mass is 9.92. The number of piperidine rings is 1. The zero-order chi connectivity index (χ0) is 22.1. The standard InChI is InChI=1S/C22H28N2O5S2/c1-29-22-12-11-20(31(27,28)24-13-5-2-6-14-24)16-21(22)23-30(25,26)19-10-9-17-7-3-4-8-18(17)15-19/h9-12,15-16,23H,2-8,13-14H2,1H3. The number of rotatable bonds is 6. The maximum absolute atomic E-state index is 13.1. The van der Waals surface area contributed by atoms with E-state index in [1.807, 2.05) is 6.07 Å². The summed E-state index contributed by atoms with van der Waals surface area (Å²) in [7, 11) is -6.18. The Balaban J connectivity index is 1.66. The molecule has 1 fully saturated rings. The lowest BCUT2D eigenvalue weighted by Gasteiger charge is -2.26. The molecule has 9 heteroatoms. The molecule has 1 aliphatic carbocycles. The van der Waals surface area contributed by atoms with E-state index >= 15 is 0 Å². The van der Waals surface area contributed by atoms with Gasteiger partial charge in [-0.15, -0.1) is 0 Å². The number of hydrogen-bond donors (Lipinski definition) is 1. The fourth-order valence-corrected chi connectivity index (χ4v) is 6.92. The Hall–Kier alpha value is -2.10. The molecule has 0 saturated carbocycles. The molecule has 1 aliphatic heterocycles. The van der Waals surface area contributed by atoms with E-state index in [4.69, 9.17) is 4.74 Å². The van der Waals surface area contributed by atoms with Crippen molar-refractivity contribution in [2.75, 3.05) is 24.9 Å². The number of hydrogen-bond acceptors (Lipinski definition) is 5.